The minimum Gasteiger partial charge on any atom is -0.408 e. The van der Waals surface area contributed by atoms with Crippen LogP contribution >= 0.6 is 0 Å². The van der Waals surface area contributed by atoms with Gasteiger partial charge in [-0.1, -0.05) is 18.2 Å². The van der Waals surface area contributed by atoms with Crippen LogP contribution in [0.2, 0.25) is 0 Å². The lowest BCUT2D eigenvalue weighted by Gasteiger charge is -2.03. The lowest BCUT2D eigenvalue weighted by atomic mass is 10.1. The molecular weight excluding hydrogens is 138 g/mol. The zero-order valence-electron chi connectivity index (χ0n) is 6.34. The first-order valence-corrected chi connectivity index (χ1v) is 3.94. The predicted octanol–water partition coefficient (Wildman–Crippen LogP) is 1.52. The first-order valence-electron chi connectivity index (χ1n) is 3.94. The van der Waals surface area contributed by atoms with Gasteiger partial charge >= 0.3 is 0 Å². The van der Waals surface area contributed by atoms with Gasteiger partial charge in [0, 0.05) is 6.54 Å². The van der Waals surface area contributed by atoms with E-state index < -0.39 is 0 Å². The second-order valence-electron chi connectivity index (χ2n) is 2.71. The maximum Gasteiger partial charge on any atom is 0.150 e. The van der Waals surface area contributed by atoms with Crippen molar-refractivity contribution in [1.82, 2.24) is 5.48 Å². The molecule has 2 rings (SSSR count). The summed E-state index contributed by atoms with van der Waals surface area (Å²) in [5, 5.41) is 0. The number of hydrogen-bond acceptors (Lipinski definition) is 2. The first kappa shape index (κ1) is 6.68. The Hall–Kier alpha value is -1.02. The number of para-hydroxylation sites is 1. The minimum atomic E-state index is 0.939. The van der Waals surface area contributed by atoms with Gasteiger partial charge in [-0.15, -0.1) is 0 Å². The van der Waals surface area contributed by atoms with E-state index in [2.05, 4.69) is 11.5 Å². The van der Waals surface area contributed by atoms with Crippen molar-refractivity contribution in [2.45, 2.75) is 12.8 Å². The molecule has 0 radical (unpaired) electrons. The summed E-state index contributed by atoms with van der Waals surface area (Å²) < 4.78 is 0. The molecule has 1 aromatic carbocycles. The highest BCUT2D eigenvalue weighted by atomic mass is 16.6. The topological polar surface area (TPSA) is 21.3 Å². The third kappa shape index (κ3) is 1.35. The third-order valence-electron chi connectivity index (χ3n) is 1.88. The van der Waals surface area contributed by atoms with Crippen molar-refractivity contribution < 1.29 is 4.84 Å². The van der Waals surface area contributed by atoms with Crippen LogP contribution in [-0.2, 0) is 6.42 Å². The van der Waals surface area contributed by atoms with Crippen LogP contribution < -0.4 is 10.3 Å². The molecule has 0 bridgehead atoms. The fourth-order valence-electron chi connectivity index (χ4n) is 1.29. The largest absolute Gasteiger partial charge is 0.408 e. The molecule has 1 N–H and O–H groups in total. The second kappa shape index (κ2) is 2.93. The van der Waals surface area contributed by atoms with Crippen LogP contribution in [0.15, 0.2) is 24.3 Å². The summed E-state index contributed by atoms with van der Waals surface area (Å²) in [6.45, 7) is 0.939. The van der Waals surface area contributed by atoms with E-state index in [0.717, 1.165) is 25.1 Å². The monoisotopic (exact) mass is 149 g/mol. The van der Waals surface area contributed by atoms with E-state index in [9.17, 15) is 0 Å². The highest BCUT2D eigenvalue weighted by molar-refractivity contribution is 5.33. The van der Waals surface area contributed by atoms with Crippen LogP contribution in [0.5, 0.6) is 5.75 Å². The van der Waals surface area contributed by atoms with E-state index in [1.54, 1.807) is 0 Å². The average Bonchev–Trinajstić information content (AvgIpc) is 2.28. The summed E-state index contributed by atoms with van der Waals surface area (Å²) in [4.78, 5) is 5.30. The molecule has 0 unspecified atom stereocenters. The van der Waals surface area contributed by atoms with Gasteiger partial charge in [-0.25, -0.2) is 0 Å². The molecule has 0 saturated heterocycles. The summed E-state index contributed by atoms with van der Waals surface area (Å²) in [6.07, 6.45) is 2.26. The predicted molar refractivity (Wildman–Crippen MR) is 43.4 cm³/mol. The fraction of sp³-hybridized carbons (Fsp3) is 0.333. The lowest BCUT2D eigenvalue weighted by Crippen LogP contribution is -2.17. The molecule has 1 aromatic rings. The van der Waals surface area contributed by atoms with E-state index >= 15 is 0 Å². The number of benzene rings is 1. The molecule has 0 atom stereocenters. The van der Waals surface area contributed by atoms with Crippen LogP contribution in [0.25, 0.3) is 0 Å². The van der Waals surface area contributed by atoms with E-state index in [1.165, 1.54) is 5.56 Å². The van der Waals surface area contributed by atoms with Gasteiger partial charge in [-0.3, -0.25) is 0 Å². The SMILES string of the molecule is c1ccc2c(c1)CCCNO2. The quantitative estimate of drug-likeness (QED) is 0.603. The molecule has 58 valence electrons. The standard InChI is InChI=1S/C9H11NO/c1-2-6-9-8(4-1)5-3-7-10-11-9/h1-2,4,6,10H,3,5,7H2. The Balaban J connectivity index is 2.33. The third-order valence-corrected chi connectivity index (χ3v) is 1.88. The van der Waals surface area contributed by atoms with Gasteiger partial charge in [0.15, 0.2) is 0 Å². The van der Waals surface area contributed by atoms with Crippen molar-refractivity contribution in [3.8, 4) is 5.75 Å². The summed E-state index contributed by atoms with van der Waals surface area (Å²) in [6, 6.07) is 8.15. The van der Waals surface area contributed by atoms with Crippen molar-refractivity contribution in [1.29, 1.82) is 0 Å². The summed E-state index contributed by atoms with van der Waals surface area (Å²) in [7, 11) is 0. The van der Waals surface area contributed by atoms with Crippen LogP contribution in [0, 0.1) is 0 Å². The molecule has 0 aliphatic carbocycles. The molecule has 2 heteroatoms. The molecule has 1 aliphatic rings. The van der Waals surface area contributed by atoms with Gasteiger partial charge < -0.3 is 4.84 Å². The second-order valence-corrected chi connectivity index (χ2v) is 2.71. The van der Waals surface area contributed by atoms with Gasteiger partial charge in [0.25, 0.3) is 0 Å². The summed E-state index contributed by atoms with van der Waals surface area (Å²) in [5.74, 6) is 0.977. The van der Waals surface area contributed by atoms with Gasteiger partial charge in [0.05, 0.1) is 0 Å². The average molecular weight is 149 g/mol. The van der Waals surface area contributed by atoms with Crippen molar-refractivity contribution in [3.63, 3.8) is 0 Å². The van der Waals surface area contributed by atoms with Crippen molar-refractivity contribution >= 4 is 0 Å². The van der Waals surface area contributed by atoms with E-state index in [0.29, 0.717) is 0 Å². The van der Waals surface area contributed by atoms with Crippen LogP contribution in [0.3, 0.4) is 0 Å². The van der Waals surface area contributed by atoms with Gasteiger partial charge in [0.2, 0.25) is 0 Å². The molecular formula is C9H11NO. The molecule has 11 heavy (non-hydrogen) atoms. The number of rotatable bonds is 0. The van der Waals surface area contributed by atoms with Crippen LogP contribution in [0.4, 0.5) is 0 Å². The fourth-order valence-corrected chi connectivity index (χ4v) is 1.29. The van der Waals surface area contributed by atoms with E-state index in [-0.39, 0.29) is 0 Å². The Labute approximate surface area is 66.1 Å². The zero-order valence-corrected chi connectivity index (χ0v) is 6.34. The molecule has 1 heterocycles. The Bertz CT molecular complexity index is 222. The smallest absolute Gasteiger partial charge is 0.150 e. The van der Waals surface area contributed by atoms with Crippen molar-refractivity contribution in [3.05, 3.63) is 29.8 Å². The zero-order chi connectivity index (χ0) is 7.52. The Morgan fingerprint density at radius 3 is 3.18 bits per heavy atom. The molecule has 0 aromatic heterocycles. The Morgan fingerprint density at radius 1 is 1.27 bits per heavy atom. The number of fused-ring (bicyclic) bond motifs is 1. The molecule has 0 spiro atoms. The minimum absolute atomic E-state index is 0.939. The highest BCUT2D eigenvalue weighted by Gasteiger charge is 2.05. The van der Waals surface area contributed by atoms with Crippen molar-refractivity contribution in [2.24, 2.45) is 0 Å². The summed E-state index contributed by atoms with van der Waals surface area (Å²) >= 11 is 0. The van der Waals surface area contributed by atoms with Gasteiger partial charge in [0.1, 0.15) is 5.75 Å². The molecule has 2 nitrogen and oxygen atoms in total. The van der Waals surface area contributed by atoms with E-state index in [1.807, 2.05) is 18.2 Å². The van der Waals surface area contributed by atoms with Crippen molar-refractivity contribution in [2.75, 3.05) is 6.54 Å². The molecule has 0 amide bonds. The Morgan fingerprint density at radius 2 is 2.18 bits per heavy atom. The van der Waals surface area contributed by atoms with Gasteiger partial charge in [-0.2, -0.15) is 5.48 Å². The number of hydroxylamine groups is 1. The maximum absolute atomic E-state index is 5.30. The summed E-state index contributed by atoms with van der Waals surface area (Å²) in [5.41, 5.74) is 4.21. The number of aryl methyl sites for hydroxylation is 1. The molecule has 1 aliphatic heterocycles. The number of nitrogens with one attached hydrogen (secondary N) is 1. The Kier molecular flexibility index (Phi) is 1.78. The van der Waals surface area contributed by atoms with E-state index in [4.69, 9.17) is 4.84 Å². The van der Waals surface area contributed by atoms with Crippen LogP contribution in [-0.4, -0.2) is 6.54 Å². The lowest BCUT2D eigenvalue weighted by molar-refractivity contribution is 0.202. The highest BCUT2D eigenvalue weighted by Crippen LogP contribution is 2.19. The van der Waals surface area contributed by atoms with Gasteiger partial charge in [-0.05, 0) is 24.5 Å². The molecule has 0 saturated carbocycles. The normalized spacial score (nSPS) is 16.4. The number of hydrogen-bond donors (Lipinski definition) is 1. The van der Waals surface area contributed by atoms with Crippen LogP contribution in [0.1, 0.15) is 12.0 Å². The maximum atomic E-state index is 5.30. The first-order chi connectivity index (χ1) is 5.47. The molecule has 0 fully saturated rings.